The van der Waals surface area contributed by atoms with Gasteiger partial charge in [-0.25, -0.2) is 9.97 Å². The Labute approximate surface area is 197 Å². The maximum Gasteiger partial charge on any atom is 0.186 e. The Morgan fingerprint density at radius 2 is 1.74 bits per heavy atom. The van der Waals surface area contributed by atoms with Gasteiger partial charge in [-0.3, -0.25) is 9.36 Å². The number of fused-ring (bicyclic) bond motifs is 2. The predicted octanol–water partition coefficient (Wildman–Crippen LogP) is 3.38. The van der Waals surface area contributed by atoms with E-state index in [0.29, 0.717) is 18.7 Å². The molecule has 5 aromatic rings. The fourth-order valence-corrected chi connectivity index (χ4v) is 4.45. The molecule has 0 fully saturated rings. The van der Waals surface area contributed by atoms with Gasteiger partial charge < -0.3 is 10.6 Å². The third kappa shape index (κ3) is 4.40. The summed E-state index contributed by atoms with van der Waals surface area (Å²) in [5.74, 6) is 0.807. The molecule has 34 heavy (non-hydrogen) atoms. The second-order valence-electron chi connectivity index (χ2n) is 8.69. The molecule has 2 N–H and O–H groups in total. The zero-order valence-electron chi connectivity index (χ0n) is 18.9. The van der Waals surface area contributed by atoms with E-state index in [2.05, 4.69) is 73.3 Å². The second kappa shape index (κ2) is 9.07. The molecule has 0 aliphatic carbocycles. The molecule has 0 amide bonds. The average molecular weight is 451 g/mol. The van der Waals surface area contributed by atoms with Gasteiger partial charge in [0.15, 0.2) is 5.65 Å². The lowest BCUT2D eigenvalue weighted by Gasteiger charge is -2.18. The number of anilines is 1. The van der Waals surface area contributed by atoms with Gasteiger partial charge in [-0.2, -0.15) is 10.2 Å². The summed E-state index contributed by atoms with van der Waals surface area (Å²) in [7, 11) is 0. The maximum absolute atomic E-state index is 4.67. The summed E-state index contributed by atoms with van der Waals surface area (Å²) in [5, 5.41) is 16.8. The van der Waals surface area contributed by atoms with E-state index in [1.165, 1.54) is 27.8 Å². The molecular formula is C26H26N8. The van der Waals surface area contributed by atoms with Crippen LogP contribution in [-0.4, -0.2) is 36.1 Å². The minimum atomic E-state index is 0.676. The average Bonchev–Trinajstić information content (AvgIpc) is 3.53. The zero-order chi connectivity index (χ0) is 22.7. The minimum absolute atomic E-state index is 0.676. The Kier molecular flexibility index (Phi) is 5.48. The molecule has 8 heteroatoms. The Bertz CT molecular complexity index is 1400. The van der Waals surface area contributed by atoms with Crippen LogP contribution in [0.2, 0.25) is 0 Å². The lowest BCUT2D eigenvalue weighted by atomic mass is 9.98. The number of rotatable bonds is 7. The normalized spacial score (nSPS) is 13.2. The van der Waals surface area contributed by atoms with Crippen LogP contribution in [-0.2, 0) is 32.6 Å². The number of nitrogens with zero attached hydrogens (tertiary/aromatic N) is 6. The Morgan fingerprint density at radius 3 is 2.56 bits per heavy atom. The maximum atomic E-state index is 4.67. The van der Waals surface area contributed by atoms with Gasteiger partial charge in [0, 0.05) is 31.7 Å². The molecule has 3 aromatic heterocycles. The van der Waals surface area contributed by atoms with Crippen LogP contribution in [0.5, 0.6) is 0 Å². The van der Waals surface area contributed by atoms with Gasteiger partial charge in [-0.15, -0.1) is 0 Å². The summed E-state index contributed by atoms with van der Waals surface area (Å²) in [6, 6.07) is 17.2. The molecule has 2 aromatic carbocycles. The smallest absolute Gasteiger partial charge is 0.186 e. The van der Waals surface area contributed by atoms with Crippen molar-refractivity contribution < 1.29 is 0 Å². The zero-order valence-corrected chi connectivity index (χ0v) is 18.9. The van der Waals surface area contributed by atoms with Gasteiger partial charge in [-0.05, 0) is 46.8 Å². The highest BCUT2D eigenvalue weighted by Crippen LogP contribution is 2.21. The lowest BCUT2D eigenvalue weighted by molar-refractivity contribution is 0.643. The predicted molar refractivity (Wildman–Crippen MR) is 131 cm³/mol. The third-order valence-electron chi connectivity index (χ3n) is 6.25. The first-order valence-corrected chi connectivity index (χ1v) is 11.6. The quantitative estimate of drug-likeness (QED) is 0.395. The largest absolute Gasteiger partial charge is 0.365 e. The molecule has 8 nitrogen and oxygen atoms in total. The summed E-state index contributed by atoms with van der Waals surface area (Å²) in [4.78, 5) is 8.85. The number of aromatic nitrogens is 6. The van der Waals surface area contributed by atoms with Crippen molar-refractivity contribution in [1.29, 1.82) is 0 Å². The van der Waals surface area contributed by atoms with Crippen LogP contribution >= 0.6 is 0 Å². The van der Waals surface area contributed by atoms with Crippen molar-refractivity contribution in [3.8, 4) is 0 Å². The highest BCUT2D eigenvalue weighted by atomic mass is 15.3. The second-order valence-corrected chi connectivity index (χ2v) is 8.69. The molecule has 0 saturated heterocycles. The van der Waals surface area contributed by atoms with Gasteiger partial charge in [0.2, 0.25) is 0 Å². The first-order valence-electron chi connectivity index (χ1n) is 11.6. The minimum Gasteiger partial charge on any atom is -0.365 e. The Hall–Kier alpha value is -4.04. The molecule has 0 unspecified atom stereocenters. The van der Waals surface area contributed by atoms with E-state index >= 15 is 0 Å². The van der Waals surface area contributed by atoms with Crippen LogP contribution < -0.4 is 10.6 Å². The van der Waals surface area contributed by atoms with Crippen molar-refractivity contribution >= 4 is 16.9 Å². The SMILES string of the molecule is c1cnn(Cc2ccc(Cn3cc4c(NCc5ccc6c(c5)CNCC6)ncnc4n3)cc2)c1. The molecule has 1 aliphatic rings. The van der Waals surface area contributed by atoms with Gasteiger partial charge in [0.1, 0.15) is 12.1 Å². The summed E-state index contributed by atoms with van der Waals surface area (Å²) in [5.41, 5.74) is 7.18. The van der Waals surface area contributed by atoms with E-state index < -0.39 is 0 Å². The molecule has 1 aliphatic heterocycles. The van der Waals surface area contributed by atoms with E-state index in [-0.39, 0.29) is 0 Å². The van der Waals surface area contributed by atoms with Crippen LogP contribution in [0.1, 0.15) is 27.8 Å². The highest BCUT2D eigenvalue weighted by Gasteiger charge is 2.11. The Morgan fingerprint density at radius 1 is 0.912 bits per heavy atom. The molecule has 170 valence electrons. The van der Waals surface area contributed by atoms with Crippen LogP contribution in [0.25, 0.3) is 11.0 Å². The molecule has 0 bridgehead atoms. The van der Waals surface area contributed by atoms with E-state index in [1.54, 1.807) is 12.5 Å². The van der Waals surface area contributed by atoms with E-state index in [4.69, 9.17) is 0 Å². The first kappa shape index (κ1) is 20.6. The Balaban J connectivity index is 1.15. The fourth-order valence-electron chi connectivity index (χ4n) is 4.45. The van der Waals surface area contributed by atoms with Crippen molar-refractivity contribution in [2.45, 2.75) is 32.6 Å². The monoisotopic (exact) mass is 450 g/mol. The summed E-state index contributed by atoms with van der Waals surface area (Å²) in [6.45, 7) is 4.16. The van der Waals surface area contributed by atoms with Gasteiger partial charge in [0.05, 0.1) is 18.5 Å². The third-order valence-corrected chi connectivity index (χ3v) is 6.25. The van der Waals surface area contributed by atoms with Crippen molar-refractivity contribution in [1.82, 2.24) is 34.8 Å². The van der Waals surface area contributed by atoms with Gasteiger partial charge >= 0.3 is 0 Å². The lowest BCUT2D eigenvalue weighted by Crippen LogP contribution is -2.23. The highest BCUT2D eigenvalue weighted by molar-refractivity contribution is 5.85. The topological polar surface area (TPSA) is 85.5 Å². The van der Waals surface area contributed by atoms with E-state index in [9.17, 15) is 0 Å². The standard InChI is InChI=1S/C26H26N8/c1-9-31-33(11-1)15-19-2-4-20(5-3-19)16-34-17-24-25(29-18-30-26(24)32-34)28-13-21-6-7-22-8-10-27-14-23(22)12-21/h1-7,9,11-12,17-18,27H,8,10,13-16H2,(H,28,29,30,32). The number of benzene rings is 2. The summed E-state index contributed by atoms with van der Waals surface area (Å²) in [6.07, 6.45) is 8.46. The van der Waals surface area contributed by atoms with Gasteiger partial charge in [-0.1, -0.05) is 42.5 Å². The molecule has 6 rings (SSSR count). The number of hydrogen-bond donors (Lipinski definition) is 2. The van der Waals surface area contributed by atoms with E-state index in [0.717, 1.165) is 37.3 Å². The molecule has 0 saturated carbocycles. The fraction of sp³-hybridized carbons (Fsp3) is 0.231. The van der Waals surface area contributed by atoms with Crippen molar-refractivity contribution in [2.24, 2.45) is 0 Å². The van der Waals surface area contributed by atoms with Crippen LogP contribution in [0, 0.1) is 0 Å². The summed E-state index contributed by atoms with van der Waals surface area (Å²) >= 11 is 0. The first-order chi connectivity index (χ1) is 16.8. The molecule has 0 atom stereocenters. The summed E-state index contributed by atoms with van der Waals surface area (Å²) < 4.78 is 3.85. The van der Waals surface area contributed by atoms with Crippen molar-refractivity contribution in [3.05, 3.63) is 101 Å². The van der Waals surface area contributed by atoms with Crippen molar-refractivity contribution in [2.75, 3.05) is 11.9 Å². The van der Waals surface area contributed by atoms with Crippen LogP contribution in [0.4, 0.5) is 5.82 Å². The number of nitrogens with one attached hydrogen (secondary N) is 2. The molecular weight excluding hydrogens is 424 g/mol. The molecule has 0 spiro atoms. The van der Waals surface area contributed by atoms with E-state index in [1.807, 2.05) is 27.8 Å². The van der Waals surface area contributed by atoms with Crippen LogP contribution in [0.15, 0.2) is 73.4 Å². The van der Waals surface area contributed by atoms with Gasteiger partial charge in [0.25, 0.3) is 0 Å². The molecule has 4 heterocycles. The van der Waals surface area contributed by atoms with Crippen molar-refractivity contribution in [3.63, 3.8) is 0 Å². The number of hydrogen-bond acceptors (Lipinski definition) is 6. The van der Waals surface area contributed by atoms with Crippen LogP contribution in [0.3, 0.4) is 0 Å². The molecule has 0 radical (unpaired) electrons.